The van der Waals surface area contributed by atoms with Crippen molar-refractivity contribution in [1.29, 1.82) is 0 Å². The molecule has 1 aromatic rings. The third-order valence-electron chi connectivity index (χ3n) is 3.25. The number of carboxylic acids is 1. The van der Waals surface area contributed by atoms with E-state index in [0.29, 0.717) is 31.9 Å². The van der Waals surface area contributed by atoms with E-state index in [0.717, 1.165) is 4.47 Å². The predicted molar refractivity (Wildman–Crippen MR) is 75.7 cm³/mol. The van der Waals surface area contributed by atoms with Gasteiger partial charge in [0, 0.05) is 30.3 Å². The van der Waals surface area contributed by atoms with Crippen molar-refractivity contribution < 1.29 is 19.4 Å². The van der Waals surface area contributed by atoms with Crippen LogP contribution in [0.4, 0.5) is 0 Å². The lowest BCUT2D eigenvalue weighted by Gasteiger charge is -2.32. The molecule has 0 radical (unpaired) electrons. The number of amides is 1. The number of carbonyl (C=O) groups is 2. The summed E-state index contributed by atoms with van der Waals surface area (Å²) in [6.07, 6.45) is 1.35. The molecule has 0 bridgehead atoms. The molecule has 0 spiro atoms. The van der Waals surface area contributed by atoms with Gasteiger partial charge in [0.25, 0.3) is 5.91 Å². The van der Waals surface area contributed by atoms with Crippen LogP contribution in [0.25, 0.3) is 0 Å². The Hall–Kier alpha value is -1.34. The number of carboxylic acid groups (broad SMARTS) is 1. The van der Waals surface area contributed by atoms with Crippen LogP contribution in [-0.2, 0) is 16.1 Å². The molecule has 0 aliphatic carbocycles. The van der Waals surface area contributed by atoms with Gasteiger partial charge in [-0.15, -0.1) is 0 Å². The van der Waals surface area contributed by atoms with Crippen molar-refractivity contribution >= 4 is 27.8 Å². The number of morpholine rings is 1. The van der Waals surface area contributed by atoms with Crippen LogP contribution in [0.3, 0.4) is 0 Å². The summed E-state index contributed by atoms with van der Waals surface area (Å²) in [6, 6.07) is 1.79. The molecule has 0 saturated carbocycles. The van der Waals surface area contributed by atoms with Crippen molar-refractivity contribution in [2.75, 3.05) is 19.7 Å². The Balaban J connectivity index is 2.10. The summed E-state index contributed by atoms with van der Waals surface area (Å²) >= 11 is 3.37. The molecule has 1 amide bonds. The van der Waals surface area contributed by atoms with Gasteiger partial charge in [-0.1, -0.05) is 0 Å². The molecule has 1 atom stereocenters. The molecule has 1 aromatic heterocycles. The summed E-state index contributed by atoms with van der Waals surface area (Å²) in [5.74, 6) is -1.000. The minimum absolute atomic E-state index is 0.0811. The third-order valence-corrected chi connectivity index (χ3v) is 3.68. The minimum atomic E-state index is -0.913. The van der Waals surface area contributed by atoms with Gasteiger partial charge < -0.3 is 19.3 Å². The fourth-order valence-corrected chi connectivity index (χ4v) is 2.76. The largest absolute Gasteiger partial charge is 0.481 e. The zero-order valence-corrected chi connectivity index (χ0v) is 12.8. The normalized spacial score (nSPS) is 19.1. The number of hydrogen-bond acceptors (Lipinski definition) is 3. The van der Waals surface area contributed by atoms with Gasteiger partial charge in [0.15, 0.2) is 0 Å². The first kappa shape index (κ1) is 15.1. The molecule has 1 aliphatic heterocycles. The van der Waals surface area contributed by atoms with Crippen LogP contribution in [0.1, 0.15) is 23.8 Å². The summed E-state index contributed by atoms with van der Waals surface area (Å²) in [6.45, 7) is 3.85. The average Bonchev–Trinajstić information content (AvgIpc) is 2.78. The summed E-state index contributed by atoms with van der Waals surface area (Å²) < 4.78 is 8.10. The highest BCUT2D eigenvalue weighted by molar-refractivity contribution is 9.10. The van der Waals surface area contributed by atoms with Gasteiger partial charge in [0.1, 0.15) is 5.69 Å². The quantitative estimate of drug-likeness (QED) is 0.900. The first-order valence-corrected chi connectivity index (χ1v) is 7.29. The highest BCUT2D eigenvalue weighted by atomic mass is 79.9. The highest BCUT2D eigenvalue weighted by Gasteiger charge is 2.28. The van der Waals surface area contributed by atoms with Crippen LogP contribution in [-0.4, -0.2) is 52.3 Å². The van der Waals surface area contributed by atoms with Gasteiger partial charge in [-0.05, 0) is 28.9 Å². The molecule has 2 heterocycles. The number of ether oxygens (including phenoxy) is 1. The summed E-state index contributed by atoms with van der Waals surface area (Å²) in [7, 11) is 0. The fraction of sp³-hybridized carbons (Fsp3) is 0.538. The van der Waals surface area contributed by atoms with Crippen LogP contribution in [0.15, 0.2) is 16.7 Å². The van der Waals surface area contributed by atoms with E-state index in [1.165, 1.54) is 0 Å². The SMILES string of the molecule is CCn1cc(Br)cc1C(=O)N1CCOC(CC(=O)O)C1. The van der Waals surface area contributed by atoms with E-state index in [1.54, 1.807) is 11.0 Å². The van der Waals surface area contributed by atoms with Gasteiger partial charge in [0.2, 0.25) is 0 Å². The van der Waals surface area contributed by atoms with Crippen LogP contribution < -0.4 is 0 Å². The maximum atomic E-state index is 12.5. The van der Waals surface area contributed by atoms with Crippen molar-refractivity contribution in [2.24, 2.45) is 0 Å². The molecule has 1 saturated heterocycles. The van der Waals surface area contributed by atoms with Gasteiger partial charge in [-0.3, -0.25) is 9.59 Å². The molecule has 1 N–H and O–H groups in total. The second-order valence-corrected chi connectivity index (χ2v) is 5.59. The van der Waals surface area contributed by atoms with Gasteiger partial charge in [-0.2, -0.15) is 0 Å². The van der Waals surface area contributed by atoms with Crippen molar-refractivity contribution in [3.63, 3.8) is 0 Å². The number of aryl methyl sites for hydroxylation is 1. The van der Waals surface area contributed by atoms with E-state index >= 15 is 0 Å². The summed E-state index contributed by atoms with van der Waals surface area (Å²) in [4.78, 5) is 24.9. The summed E-state index contributed by atoms with van der Waals surface area (Å²) in [5, 5.41) is 8.80. The zero-order valence-electron chi connectivity index (χ0n) is 11.2. The second-order valence-electron chi connectivity index (χ2n) is 4.67. The fourth-order valence-electron chi connectivity index (χ4n) is 2.30. The van der Waals surface area contributed by atoms with Crippen LogP contribution >= 0.6 is 15.9 Å². The van der Waals surface area contributed by atoms with Crippen LogP contribution in [0, 0.1) is 0 Å². The monoisotopic (exact) mass is 344 g/mol. The first-order valence-electron chi connectivity index (χ1n) is 6.49. The average molecular weight is 345 g/mol. The highest BCUT2D eigenvalue weighted by Crippen LogP contribution is 2.18. The van der Waals surface area contributed by atoms with Crippen LogP contribution in [0.2, 0.25) is 0 Å². The molecule has 2 rings (SSSR count). The smallest absolute Gasteiger partial charge is 0.306 e. The predicted octanol–water partition coefficient (Wildman–Crippen LogP) is 1.59. The van der Waals surface area contributed by atoms with Gasteiger partial charge in [0.05, 0.1) is 19.1 Å². The van der Waals surface area contributed by atoms with E-state index < -0.39 is 12.1 Å². The van der Waals surface area contributed by atoms with E-state index in [4.69, 9.17) is 9.84 Å². The maximum absolute atomic E-state index is 12.5. The zero-order chi connectivity index (χ0) is 14.7. The standard InChI is InChI=1S/C13H17BrN2O4/c1-2-15-7-9(14)5-11(15)13(19)16-3-4-20-10(8-16)6-12(17)18/h5,7,10H,2-4,6,8H2,1H3,(H,17,18). The molecular formula is C13H17BrN2O4. The van der Waals surface area contributed by atoms with Crippen molar-refractivity contribution in [1.82, 2.24) is 9.47 Å². The van der Waals surface area contributed by atoms with E-state index in [9.17, 15) is 9.59 Å². The lowest BCUT2D eigenvalue weighted by Crippen LogP contribution is -2.46. The van der Waals surface area contributed by atoms with Crippen molar-refractivity contribution in [2.45, 2.75) is 26.0 Å². The Morgan fingerprint density at radius 3 is 2.95 bits per heavy atom. The number of aromatic nitrogens is 1. The third kappa shape index (κ3) is 3.40. The van der Waals surface area contributed by atoms with E-state index in [1.807, 2.05) is 17.7 Å². The number of halogens is 1. The van der Waals surface area contributed by atoms with Gasteiger partial charge >= 0.3 is 5.97 Å². The van der Waals surface area contributed by atoms with E-state index in [-0.39, 0.29) is 12.3 Å². The van der Waals surface area contributed by atoms with Gasteiger partial charge in [-0.25, -0.2) is 0 Å². The lowest BCUT2D eigenvalue weighted by atomic mass is 10.2. The molecule has 7 heteroatoms. The lowest BCUT2D eigenvalue weighted by molar-refractivity contribution is -0.141. The second kappa shape index (κ2) is 6.41. The van der Waals surface area contributed by atoms with E-state index in [2.05, 4.69) is 15.9 Å². The maximum Gasteiger partial charge on any atom is 0.306 e. The topological polar surface area (TPSA) is 71.8 Å². The Kier molecular flexibility index (Phi) is 4.82. The van der Waals surface area contributed by atoms with Crippen molar-refractivity contribution in [3.05, 3.63) is 22.4 Å². The Bertz CT molecular complexity index is 514. The minimum Gasteiger partial charge on any atom is -0.481 e. The number of carbonyl (C=O) groups excluding carboxylic acids is 1. The number of aliphatic carboxylic acids is 1. The van der Waals surface area contributed by atoms with Crippen molar-refractivity contribution in [3.8, 4) is 0 Å². The molecule has 6 nitrogen and oxygen atoms in total. The molecule has 110 valence electrons. The molecular weight excluding hydrogens is 328 g/mol. The first-order chi connectivity index (χ1) is 9.51. The molecule has 1 fully saturated rings. The number of rotatable bonds is 4. The number of nitrogens with zero attached hydrogens (tertiary/aromatic N) is 2. The molecule has 0 aromatic carbocycles. The molecule has 1 unspecified atom stereocenters. The Labute approximate surface area is 125 Å². The summed E-state index contributed by atoms with van der Waals surface area (Å²) in [5.41, 5.74) is 0.607. The van der Waals surface area contributed by atoms with Crippen LogP contribution in [0.5, 0.6) is 0 Å². The number of hydrogen-bond donors (Lipinski definition) is 1. The Morgan fingerprint density at radius 2 is 2.30 bits per heavy atom. The Morgan fingerprint density at radius 1 is 1.55 bits per heavy atom. The molecule has 1 aliphatic rings. The molecule has 20 heavy (non-hydrogen) atoms.